The number of hydrogen-bond donors (Lipinski definition) is 1. The van der Waals surface area contributed by atoms with Crippen molar-refractivity contribution in [2.45, 2.75) is 20.0 Å². The van der Waals surface area contributed by atoms with Gasteiger partial charge in [0.1, 0.15) is 11.6 Å². The molecule has 26 heavy (non-hydrogen) atoms. The molecule has 0 spiro atoms. The number of nitrogens with one attached hydrogen (secondary N) is 1. The lowest BCUT2D eigenvalue weighted by Gasteiger charge is -2.20. The van der Waals surface area contributed by atoms with E-state index in [1.54, 1.807) is 0 Å². The highest BCUT2D eigenvalue weighted by molar-refractivity contribution is 5.53. The molecule has 132 valence electrons. The van der Waals surface area contributed by atoms with E-state index < -0.39 is 0 Å². The number of rotatable bonds is 5. The molecule has 0 saturated carbocycles. The molecule has 0 atom stereocenters. The molecule has 4 rings (SSSR count). The maximum absolute atomic E-state index is 12.2. The van der Waals surface area contributed by atoms with Gasteiger partial charge < -0.3 is 9.47 Å². The monoisotopic (exact) mass is 351 g/mol. The average molecular weight is 351 g/mol. The summed E-state index contributed by atoms with van der Waals surface area (Å²) in [5, 5.41) is 11.9. The number of aromatic amines is 1. The number of hydrogen-bond acceptors (Lipinski definition) is 6. The van der Waals surface area contributed by atoms with Crippen molar-refractivity contribution in [1.82, 2.24) is 19.5 Å². The predicted octanol–water partition coefficient (Wildman–Crippen LogP) is 1.65. The Morgan fingerprint density at radius 1 is 1.38 bits per heavy atom. The second kappa shape index (κ2) is 6.54. The van der Waals surface area contributed by atoms with Crippen LogP contribution in [0.25, 0.3) is 5.65 Å². The van der Waals surface area contributed by atoms with Crippen molar-refractivity contribution in [2.24, 2.45) is 0 Å². The molecule has 3 aromatic rings. The summed E-state index contributed by atoms with van der Waals surface area (Å²) in [5.41, 5.74) is 2.11. The second-order valence-corrected chi connectivity index (χ2v) is 6.00. The van der Waals surface area contributed by atoms with E-state index in [0.717, 1.165) is 23.6 Å². The quantitative estimate of drug-likeness (QED) is 0.751. The van der Waals surface area contributed by atoms with Crippen molar-refractivity contribution in [3.05, 3.63) is 57.6 Å². The van der Waals surface area contributed by atoms with Crippen molar-refractivity contribution in [1.29, 1.82) is 5.26 Å². The molecular weight excluding hydrogens is 334 g/mol. The summed E-state index contributed by atoms with van der Waals surface area (Å²) in [6.45, 7) is 4.18. The lowest BCUT2D eigenvalue weighted by Crippen LogP contribution is -2.25. The molecule has 3 heterocycles. The Kier molecular flexibility index (Phi) is 4.07. The van der Waals surface area contributed by atoms with Gasteiger partial charge in [-0.3, -0.25) is 14.8 Å². The van der Waals surface area contributed by atoms with Crippen LogP contribution in [0.4, 0.5) is 0 Å². The van der Waals surface area contributed by atoms with Crippen LogP contribution >= 0.6 is 0 Å². The van der Waals surface area contributed by atoms with Gasteiger partial charge in [0.05, 0.1) is 5.69 Å². The molecule has 0 amide bonds. The van der Waals surface area contributed by atoms with Crippen LogP contribution in [0, 0.1) is 11.3 Å². The van der Waals surface area contributed by atoms with E-state index >= 15 is 0 Å². The lowest BCUT2D eigenvalue weighted by atomic mass is 10.1. The number of aromatic nitrogens is 3. The number of benzene rings is 1. The van der Waals surface area contributed by atoms with Gasteiger partial charge in [-0.25, -0.2) is 9.50 Å². The zero-order chi connectivity index (χ0) is 18.1. The molecule has 0 radical (unpaired) electrons. The third-order valence-electron chi connectivity index (χ3n) is 4.38. The van der Waals surface area contributed by atoms with E-state index in [1.807, 2.05) is 31.2 Å². The number of para-hydroxylation sites is 1. The summed E-state index contributed by atoms with van der Waals surface area (Å²) in [6, 6.07) is 9.35. The predicted molar refractivity (Wildman–Crippen MR) is 92.9 cm³/mol. The molecule has 1 aliphatic rings. The fraction of sp³-hybridized carbons (Fsp3) is 0.278. The highest BCUT2D eigenvalue weighted by atomic mass is 16.7. The standard InChI is InChI=1S/C18H17N5O3/c1-2-22(9-12-4-3-5-15-17(12)26-11-25-15)10-14-6-16(24)23-18(21-14)13(7-19)8-20-23/h3-6,8,20H,2,9-11H2,1H3. The Labute approximate surface area is 149 Å². The molecule has 8 nitrogen and oxygen atoms in total. The number of nitriles is 1. The highest BCUT2D eigenvalue weighted by Gasteiger charge is 2.19. The van der Waals surface area contributed by atoms with Gasteiger partial charge in [-0.05, 0) is 12.6 Å². The molecule has 0 aliphatic carbocycles. The van der Waals surface area contributed by atoms with E-state index in [4.69, 9.17) is 14.7 Å². The van der Waals surface area contributed by atoms with Crippen LogP contribution in [0.15, 0.2) is 35.3 Å². The molecule has 8 heteroatoms. The van der Waals surface area contributed by atoms with Gasteiger partial charge in [0.25, 0.3) is 5.56 Å². The molecule has 1 aliphatic heterocycles. The van der Waals surface area contributed by atoms with E-state index in [-0.39, 0.29) is 12.4 Å². The first-order valence-corrected chi connectivity index (χ1v) is 8.29. The van der Waals surface area contributed by atoms with Crippen molar-refractivity contribution < 1.29 is 9.47 Å². The van der Waals surface area contributed by atoms with Crippen molar-refractivity contribution in [3.8, 4) is 17.6 Å². The first-order chi connectivity index (χ1) is 12.7. The lowest BCUT2D eigenvalue weighted by molar-refractivity contribution is 0.171. The zero-order valence-electron chi connectivity index (χ0n) is 14.2. The van der Waals surface area contributed by atoms with Gasteiger partial charge >= 0.3 is 0 Å². The number of fused-ring (bicyclic) bond motifs is 2. The van der Waals surface area contributed by atoms with Gasteiger partial charge in [0.2, 0.25) is 6.79 Å². The number of H-pyrrole nitrogens is 1. The molecule has 1 aromatic carbocycles. The van der Waals surface area contributed by atoms with E-state index in [1.165, 1.54) is 16.8 Å². The minimum Gasteiger partial charge on any atom is -0.454 e. The second-order valence-electron chi connectivity index (χ2n) is 6.00. The Balaban J connectivity index is 1.61. The van der Waals surface area contributed by atoms with Crippen LogP contribution in [0.1, 0.15) is 23.7 Å². The molecule has 2 aromatic heterocycles. The average Bonchev–Trinajstić information content (AvgIpc) is 3.28. The van der Waals surface area contributed by atoms with Crippen molar-refractivity contribution in [3.63, 3.8) is 0 Å². The number of nitrogens with zero attached hydrogens (tertiary/aromatic N) is 4. The maximum atomic E-state index is 12.2. The minimum absolute atomic E-state index is 0.234. The molecule has 0 unspecified atom stereocenters. The molecule has 0 saturated heterocycles. The van der Waals surface area contributed by atoms with Crippen molar-refractivity contribution in [2.75, 3.05) is 13.3 Å². The van der Waals surface area contributed by atoms with Crippen LogP contribution in [0.2, 0.25) is 0 Å². The Morgan fingerprint density at radius 3 is 3.08 bits per heavy atom. The summed E-state index contributed by atoms with van der Waals surface area (Å²) in [4.78, 5) is 18.9. The van der Waals surface area contributed by atoms with Crippen LogP contribution < -0.4 is 15.0 Å². The summed E-state index contributed by atoms with van der Waals surface area (Å²) >= 11 is 0. The van der Waals surface area contributed by atoms with Gasteiger partial charge in [0, 0.05) is 30.9 Å². The molecule has 0 bridgehead atoms. The fourth-order valence-electron chi connectivity index (χ4n) is 3.06. The Hall–Kier alpha value is -3.31. The van der Waals surface area contributed by atoms with Crippen molar-refractivity contribution >= 4 is 5.65 Å². The van der Waals surface area contributed by atoms with Gasteiger partial charge in [-0.1, -0.05) is 19.1 Å². The largest absolute Gasteiger partial charge is 0.454 e. The summed E-state index contributed by atoms with van der Waals surface area (Å²) in [5.74, 6) is 1.52. The summed E-state index contributed by atoms with van der Waals surface area (Å²) in [6.07, 6.45) is 1.48. The van der Waals surface area contributed by atoms with E-state index in [2.05, 4.69) is 15.0 Å². The van der Waals surface area contributed by atoms with E-state index in [9.17, 15) is 4.79 Å². The highest BCUT2D eigenvalue weighted by Crippen LogP contribution is 2.36. The van der Waals surface area contributed by atoms with Crippen LogP contribution in [-0.2, 0) is 13.1 Å². The van der Waals surface area contributed by atoms with Crippen LogP contribution in [-0.4, -0.2) is 32.8 Å². The van der Waals surface area contributed by atoms with Gasteiger partial charge in [0.15, 0.2) is 17.1 Å². The molecule has 0 fully saturated rings. The van der Waals surface area contributed by atoms with Crippen LogP contribution in [0.3, 0.4) is 0 Å². The fourth-order valence-corrected chi connectivity index (χ4v) is 3.06. The third-order valence-corrected chi connectivity index (χ3v) is 4.38. The van der Waals surface area contributed by atoms with Gasteiger partial charge in [-0.2, -0.15) is 5.26 Å². The molecular formula is C18H17N5O3. The first-order valence-electron chi connectivity index (χ1n) is 8.29. The maximum Gasteiger partial charge on any atom is 0.272 e. The number of ether oxygens (including phenoxy) is 2. The van der Waals surface area contributed by atoms with Crippen LogP contribution in [0.5, 0.6) is 11.5 Å². The zero-order valence-corrected chi connectivity index (χ0v) is 14.2. The third kappa shape index (κ3) is 2.78. The topological polar surface area (TPSA) is 95.7 Å². The summed E-state index contributed by atoms with van der Waals surface area (Å²) in [7, 11) is 0. The molecule has 1 N–H and O–H groups in total. The summed E-state index contributed by atoms with van der Waals surface area (Å²) < 4.78 is 12.3. The SMILES string of the molecule is CCN(Cc1cc(=O)n2[nH]cc(C#N)c2n1)Cc1cccc2c1OCO2. The smallest absolute Gasteiger partial charge is 0.272 e. The van der Waals surface area contributed by atoms with Gasteiger partial charge in [-0.15, -0.1) is 0 Å². The Bertz CT molecular complexity index is 1060. The van der Waals surface area contributed by atoms with E-state index in [0.29, 0.717) is 30.0 Å². The first kappa shape index (κ1) is 16.2. The normalized spacial score (nSPS) is 12.7. The minimum atomic E-state index is -0.236. The Morgan fingerprint density at radius 2 is 2.27 bits per heavy atom.